The second kappa shape index (κ2) is 11.2. The molecule has 0 aliphatic carbocycles. The van der Waals surface area contributed by atoms with E-state index in [1.165, 1.54) is 6.08 Å². The van der Waals surface area contributed by atoms with Gasteiger partial charge in [-0.05, 0) is 65.7 Å². The van der Waals surface area contributed by atoms with Crippen molar-refractivity contribution in [2.75, 3.05) is 13.2 Å². The van der Waals surface area contributed by atoms with Crippen molar-refractivity contribution in [1.82, 2.24) is 5.32 Å². The standard InChI is InChI=1S/C23H30N2O6/c1-22(2,3)30-20(27)18-11-8-7-10-16(18)14-17(15-24)19(26)29-13-9-12-25-21(28)31-23(4,5)6/h7-8,10-11,14H,9,12-13H2,1-6H3,(H,25,28)/b17-14+. The molecule has 0 aromatic heterocycles. The number of amides is 1. The number of carbonyl (C=O) groups excluding carboxylic acids is 3. The minimum atomic E-state index is -0.821. The summed E-state index contributed by atoms with van der Waals surface area (Å²) in [4.78, 5) is 36.2. The van der Waals surface area contributed by atoms with Crippen LogP contribution in [0.2, 0.25) is 0 Å². The van der Waals surface area contributed by atoms with Crippen molar-refractivity contribution in [3.05, 3.63) is 41.0 Å². The van der Waals surface area contributed by atoms with Gasteiger partial charge in [0.1, 0.15) is 22.8 Å². The quantitative estimate of drug-likeness (QED) is 0.228. The fraction of sp³-hybridized carbons (Fsp3) is 0.478. The van der Waals surface area contributed by atoms with E-state index in [1.54, 1.807) is 71.9 Å². The van der Waals surface area contributed by atoms with Crippen molar-refractivity contribution in [3.8, 4) is 6.07 Å². The Morgan fingerprint density at radius 2 is 1.65 bits per heavy atom. The first-order valence-electron chi connectivity index (χ1n) is 9.90. The summed E-state index contributed by atoms with van der Waals surface area (Å²) in [6, 6.07) is 8.31. The topological polar surface area (TPSA) is 115 Å². The minimum Gasteiger partial charge on any atom is -0.462 e. The van der Waals surface area contributed by atoms with Crippen LogP contribution in [0.3, 0.4) is 0 Å². The maximum Gasteiger partial charge on any atom is 0.407 e. The number of nitrogens with one attached hydrogen (secondary N) is 1. The molecule has 8 heteroatoms. The highest BCUT2D eigenvalue weighted by Crippen LogP contribution is 2.18. The Balaban J connectivity index is 2.70. The van der Waals surface area contributed by atoms with Crippen LogP contribution in [0.15, 0.2) is 29.8 Å². The van der Waals surface area contributed by atoms with E-state index in [1.807, 2.05) is 0 Å². The van der Waals surface area contributed by atoms with Crippen LogP contribution >= 0.6 is 0 Å². The highest BCUT2D eigenvalue weighted by Gasteiger charge is 2.21. The van der Waals surface area contributed by atoms with Gasteiger partial charge in [-0.2, -0.15) is 5.26 Å². The van der Waals surface area contributed by atoms with Crippen LogP contribution in [0.25, 0.3) is 6.08 Å². The molecule has 0 saturated heterocycles. The molecule has 1 aromatic rings. The normalized spacial score (nSPS) is 11.8. The van der Waals surface area contributed by atoms with Crippen molar-refractivity contribution in [3.63, 3.8) is 0 Å². The molecule has 1 N–H and O–H groups in total. The van der Waals surface area contributed by atoms with Gasteiger partial charge in [-0.3, -0.25) is 0 Å². The Labute approximate surface area is 183 Å². The highest BCUT2D eigenvalue weighted by molar-refractivity contribution is 6.01. The fourth-order valence-electron chi connectivity index (χ4n) is 2.25. The third-order valence-corrected chi connectivity index (χ3v) is 3.44. The molecule has 8 nitrogen and oxygen atoms in total. The van der Waals surface area contributed by atoms with Gasteiger partial charge in [0.25, 0.3) is 0 Å². The number of ether oxygens (including phenoxy) is 3. The Hall–Kier alpha value is -3.34. The average molecular weight is 431 g/mol. The maximum atomic E-state index is 12.4. The first kappa shape index (κ1) is 25.7. The number of carbonyl (C=O) groups is 3. The zero-order valence-electron chi connectivity index (χ0n) is 18.9. The van der Waals surface area contributed by atoms with Gasteiger partial charge in [0.05, 0.1) is 12.2 Å². The third kappa shape index (κ3) is 10.3. The summed E-state index contributed by atoms with van der Waals surface area (Å²) in [5.74, 6) is -1.38. The van der Waals surface area contributed by atoms with Gasteiger partial charge in [0.15, 0.2) is 0 Å². The van der Waals surface area contributed by atoms with Gasteiger partial charge in [-0.15, -0.1) is 0 Å². The van der Waals surface area contributed by atoms with E-state index >= 15 is 0 Å². The lowest BCUT2D eigenvalue weighted by Crippen LogP contribution is -2.33. The van der Waals surface area contributed by atoms with E-state index in [2.05, 4.69) is 5.32 Å². The molecule has 0 spiro atoms. The number of alkyl carbamates (subject to hydrolysis) is 1. The Kier molecular flexibility index (Phi) is 9.25. The largest absolute Gasteiger partial charge is 0.462 e. The smallest absolute Gasteiger partial charge is 0.407 e. The van der Waals surface area contributed by atoms with Crippen molar-refractivity contribution >= 4 is 24.1 Å². The van der Waals surface area contributed by atoms with E-state index in [0.717, 1.165) is 0 Å². The molecule has 1 rings (SSSR count). The zero-order valence-corrected chi connectivity index (χ0v) is 18.9. The Morgan fingerprint density at radius 3 is 2.23 bits per heavy atom. The molecule has 0 aliphatic rings. The molecule has 1 amide bonds. The molecule has 0 bridgehead atoms. The SMILES string of the molecule is CC(C)(C)OC(=O)NCCCOC(=O)/C(C#N)=C/c1ccccc1C(=O)OC(C)(C)C. The monoisotopic (exact) mass is 430 g/mol. The van der Waals surface area contributed by atoms with E-state index < -0.39 is 29.2 Å². The van der Waals surface area contributed by atoms with Gasteiger partial charge in [-0.25, -0.2) is 14.4 Å². The summed E-state index contributed by atoms with van der Waals surface area (Å²) < 4.78 is 15.6. The fourth-order valence-corrected chi connectivity index (χ4v) is 2.25. The summed E-state index contributed by atoms with van der Waals surface area (Å²) in [6.45, 7) is 10.8. The van der Waals surface area contributed by atoms with Crippen LogP contribution in [0, 0.1) is 11.3 Å². The van der Waals surface area contributed by atoms with Gasteiger partial charge >= 0.3 is 18.0 Å². The Morgan fingerprint density at radius 1 is 1.03 bits per heavy atom. The van der Waals surface area contributed by atoms with Crippen LogP contribution in [0.4, 0.5) is 4.79 Å². The summed E-state index contributed by atoms with van der Waals surface area (Å²) in [5, 5.41) is 11.9. The van der Waals surface area contributed by atoms with Crippen LogP contribution in [-0.2, 0) is 19.0 Å². The van der Waals surface area contributed by atoms with Crippen molar-refractivity contribution in [2.45, 2.75) is 59.2 Å². The predicted octanol–water partition coefficient (Wildman–Crippen LogP) is 4.01. The first-order valence-corrected chi connectivity index (χ1v) is 9.90. The molecule has 168 valence electrons. The van der Waals surface area contributed by atoms with E-state index in [9.17, 15) is 19.6 Å². The molecule has 0 atom stereocenters. The van der Waals surface area contributed by atoms with Gasteiger partial charge < -0.3 is 19.5 Å². The van der Waals surface area contributed by atoms with Crippen LogP contribution < -0.4 is 5.32 Å². The molecule has 0 fully saturated rings. The minimum absolute atomic E-state index is 0.00135. The maximum absolute atomic E-state index is 12.4. The third-order valence-electron chi connectivity index (χ3n) is 3.44. The molecule has 1 aromatic carbocycles. The first-order chi connectivity index (χ1) is 14.3. The molecule has 0 unspecified atom stereocenters. The molecule has 0 saturated carbocycles. The van der Waals surface area contributed by atoms with E-state index in [4.69, 9.17) is 14.2 Å². The number of nitrogens with zero attached hydrogens (tertiary/aromatic N) is 1. The van der Waals surface area contributed by atoms with Gasteiger partial charge in [-0.1, -0.05) is 18.2 Å². The van der Waals surface area contributed by atoms with Crippen LogP contribution in [0.1, 0.15) is 63.9 Å². The van der Waals surface area contributed by atoms with Crippen LogP contribution in [0.5, 0.6) is 0 Å². The zero-order chi connectivity index (χ0) is 23.7. The lowest BCUT2D eigenvalue weighted by Gasteiger charge is -2.20. The molecule has 0 heterocycles. The number of rotatable bonds is 7. The predicted molar refractivity (Wildman–Crippen MR) is 115 cm³/mol. The van der Waals surface area contributed by atoms with E-state index in [0.29, 0.717) is 12.0 Å². The molecule has 0 aliphatic heterocycles. The number of esters is 2. The van der Waals surface area contributed by atoms with Crippen molar-refractivity contribution < 1.29 is 28.6 Å². The highest BCUT2D eigenvalue weighted by atomic mass is 16.6. The number of nitriles is 1. The average Bonchev–Trinajstić information content (AvgIpc) is 2.63. The van der Waals surface area contributed by atoms with Gasteiger partial charge in [0.2, 0.25) is 0 Å². The molecular weight excluding hydrogens is 400 g/mol. The summed E-state index contributed by atoms with van der Waals surface area (Å²) in [6.07, 6.45) is 1.08. The number of hydrogen-bond acceptors (Lipinski definition) is 7. The number of benzene rings is 1. The lowest BCUT2D eigenvalue weighted by atomic mass is 10.0. The van der Waals surface area contributed by atoms with Gasteiger partial charge in [0, 0.05) is 6.54 Å². The van der Waals surface area contributed by atoms with Crippen molar-refractivity contribution in [2.24, 2.45) is 0 Å². The second-order valence-electron chi connectivity index (χ2n) is 8.68. The summed E-state index contributed by atoms with van der Waals surface area (Å²) in [5.41, 5.74) is -0.927. The molecular formula is C23H30N2O6. The molecule has 31 heavy (non-hydrogen) atoms. The molecule has 0 radical (unpaired) electrons. The van der Waals surface area contributed by atoms with Crippen molar-refractivity contribution in [1.29, 1.82) is 5.26 Å². The Bertz CT molecular complexity index is 869. The summed E-state index contributed by atoms with van der Waals surface area (Å²) >= 11 is 0. The van der Waals surface area contributed by atoms with E-state index in [-0.39, 0.29) is 24.3 Å². The second-order valence-corrected chi connectivity index (χ2v) is 8.68. The number of hydrogen-bond donors (Lipinski definition) is 1. The van der Waals surface area contributed by atoms with Crippen LogP contribution in [-0.4, -0.2) is 42.4 Å². The summed E-state index contributed by atoms with van der Waals surface area (Å²) in [7, 11) is 0. The lowest BCUT2D eigenvalue weighted by molar-refractivity contribution is -0.138.